The van der Waals surface area contributed by atoms with Gasteiger partial charge in [0.1, 0.15) is 0 Å². The monoisotopic (exact) mass is 198 g/mol. The molecule has 0 aromatic heterocycles. The normalized spacial score (nSPS) is 0. The summed E-state index contributed by atoms with van der Waals surface area (Å²) < 4.78 is 0. The number of hydrogen-bond donors (Lipinski definition) is 0. The van der Waals surface area contributed by atoms with Gasteiger partial charge in [0, 0.05) is 50.3 Å². The van der Waals surface area contributed by atoms with Crippen LogP contribution in [0, 0.1) is 0 Å². The Bertz CT molecular complexity index is 11.6. The molecular weight excluding hydrogens is 199 g/mol. The van der Waals surface area contributed by atoms with Crippen molar-refractivity contribution in [2.75, 3.05) is 0 Å². The summed E-state index contributed by atoms with van der Waals surface area (Å²) in [5.41, 5.74) is 0. The van der Waals surface area contributed by atoms with Crippen LogP contribution < -0.4 is 23.6 Å². The molecule has 0 aliphatic rings. The second-order valence-corrected chi connectivity index (χ2v) is 0. The molecule has 0 N–H and O–H groups in total. The van der Waals surface area contributed by atoms with Crippen LogP contribution in [0.15, 0.2) is 0 Å². The third-order valence-electron chi connectivity index (χ3n) is 0. The molecule has 0 aromatic rings. The summed E-state index contributed by atoms with van der Waals surface area (Å²) in [5, 5.41) is 0. The quantitative estimate of drug-likeness (QED) is 0.340. The van der Waals surface area contributed by atoms with Crippen molar-refractivity contribution in [2.24, 2.45) is 0 Å². The van der Waals surface area contributed by atoms with Gasteiger partial charge in [-0.1, -0.05) is 0 Å². The number of halogens is 1. The fraction of sp³-hybridized carbons (Fsp3) is 0. The van der Waals surface area contributed by atoms with Crippen LogP contribution in [0.25, 0.3) is 0 Å². The standard InChI is InChI=1S/Co.FH.Li.Mn.Ni/h;1H;;;/q;;+1;;/p-1. The molecule has 0 rings (SSSR count). The van der Waals surface area contributed by atoms with Gasteiger partial charge in [0.05, 0.1) is 0 Å². The summed E-state index contributed by atoms with van der Waals surface area (Å²) in [7, 11) is 0. The molecule has 0 unspecified atom stereocenters. The predicted molar refractivity (Wildman–Crippen MR) is 0 cm³/mol. The Morgan fingerprint density at radius 3 is 1.00 bits per heavy atom. The van der Waals surface area contributed by atoms with E-state index >= 15 is 0 Å². The Morgan fingerprint density at radius 1 is 1.00 bits per heavy atom. The zero-order valence-electron chi connectivity index (χ0n) is 2.41. The molecule has 0 fully saturated rings. The maximum Gasteiger partial charge on any atom is 1.00 e. The van der Waals surface area contributed by atoms with E-state index in [-0.39, 0.29) is 73.9 Å². The van der Waals surface area contributed by atoms with Crippen molar-refractivity contribution in [1.82, 2.24) is 0 Å². The molecule has 0 amide bonds. The van der Waals surface area contributed by atoms with E-state index < -0.39 is 0 Å². The Balaban J connectivity index is 0. The molecular formula is CoFLiMnNi. The third kappa shape index (κ3) is 23.6. The number of hydrogen-bond acceptors (Lipinski definition) is 0. The van der Waals surface area contributed by atoms with Crippen molar-refractivity contribution < 1.29 is 73.9 Å². The van der Waals surface area contributed by atoms with Crippen LogP contribution in [-0.4, -0.2) is 0 Å². The van der Waals surface area contributed by atoms with Crippen LogP contribution in [0.1, 0.15) is 0 Å². The molecule has 0 heterocycles. The fourth-order valence-electron chi connectivity index (χ4n) is 0. The van der Waals surface area contributed by atoms with Crippen LogP contribution >= 0.6 is 0 Å². The van der Waals surface area contributed by atoms with Crippen molar-refractivity contribution in [1.29, 1.82) is 0 Å². The molecule has 2 radical (unpaired) electrons. The summed E-state index contributed by atoms with van der Waals surface area (Å²) >= 11 is 0. The van der Waals surface area contributed by atoms with Gasteiger partial charge in [-0.2, -0.15) is 0 Å². The minimum atomic E-state index is 0. The van der Waals surface area contributed by atoms with Crippen molar-refractivity contribution in [3.05, 3.63) is 0 Å². The van der Waals surface area contributed by atoms with Crippen molar-refractivity contribution in [3.63, 3.8) is 0 Å². The zero-order valence-corrected chi connectivity index (χ0v) is 5.61. The van der Waals surface area contributed by atoms with E-state index in [4.69, 9.17) is 0 Å². The molecule has 5 heteroatoms. The largest absolute Gasteiger partial charge is 1.00 e. The SMILES string of the molecule is [Co].[F-].[Li+].[Mn].[Ni]. The summed E-state index contributed by atoms with van der Waals surface area (Å²) in [6.07, 6.45) is 0. The van der Waals surface area contributed by atoms with E-state index in [1.807, 2.05) is 0 Å². The average Bonchev–Trinajstić information content (AvgIpc) is 0. The Hall–Kier alpha value is 2.05. The van der Waals surface area contributed by atoms with Crippen molar-refractivity contribution in [2.45, 2.75) is 0 Å². The van der Waals surface area contributed by atoms with Crippen LogP contribution in [0.4, 0.5) is 0 Å². The molecule has 0 nitrogen and oxygen atoms in total. The maximum atomic E-state index is 0. The van der Waals surface area contributed by atoms with Gasteiger partial charge >= 0.3 is 18.9 Å². The minimum absolute atomic E-state index is 0. The van der Waals surface area contributed by atoms with Gasteiger partial charge in [-0.3, -0.25) is 0 Å². The topological polar surface area (TPSA) is 0 Å². The van der Waals surface area contributed by atoms with E-state index in [1.165, 1.54) is 0 Å². The number of rotatable bonds is 0. The molecule has 0 aliphatic heterocycles. The summed E-state index contributed by atoms with van der Waals surface area (Å²) in [4.78, 5) is 0. The van der Waals surface area contributed by atoms with E-state index in [9.17, 15) is 0 Å². The van der Waals surface area contributed by atoms with Crippen LogP contribution in [0.3, 0.4) is 0 Å². The van der Waals surface area contributed by atoms with Gasteiger partial charge in [0.15, 0.2) is 0 Å². The molecule has 0 aliphatic carbocycles. The molecule has 34 valence electrons. The first-order valence-electron chi connectivity index (χ1n) is 0. The summed E-state index contributed by atoms with van der Waals surface area (Å²) in [6.45, 7) is 0. The minimum Gasteiger partial charge on any atom is -1.00 e. The van der Waals surface area contributed by atoms with Gasteiger partial charge in [-0.25, -0.2) is 0 Å². The summed E-state index contributed by atoms with van der Waals surface area (Å²) in [6, 6.07) is 0. The first-order valence-corrected chi connectivity index (χ1v) is 0. The zero-order chi connectivity index (χ0) is 0. The molecule has 0 bridgehead atoms. The Labute approximate surface area is 73.4 Å². The van der Waals surface area contributed by atoms with E-state index in [2.05, 4.69) is 0 Å². The smallest absolute Gasteiger partial charge is 1.00 e. The maximum absolute atomic E-state index is 0. The first-order chi connectivity index (χ1) is 0. The molecule has 0 aromatic carbocycles. The van der Waals surface area contributed by atoms with Gasteiger partial charge < -0.3 is 4.70 Å². The molecule has 0 saturated carbocycles. The second-order valence-electron chi connectivity index (χ2n) is 0. The third-order valence-corrected chi connectivity index (χ3v) is 0. The molecule has 0 saturated heterocycles. The van der Waals surface area contributed by atoms with Crippen molar-refractivity contribution >= 4 is 0 Å². The predicted octanol–water partition coefficient (Wildman–Crippen LogP) is -6.00. The van der Waals surface area contributed by atoms with Gasteiger partial charge in [-0.15, -0.1) is 0 Å². The van der Waals surface area contributed by atoms with E-state index in [0.29, 0.717) is 0 Å². The van der Waals surface area contributed by atoms with E-state index in [1.54, 1.807) is 0 Å². The average molecular weight is 199 g/mol. The van der Waals surface area contributed by atoms with Crippen LogP contribution in [0.2, 0.25) is 0 Å². The van der Waals surface area contributed by atoms with Gasteiger partial charge in [0.25, 0.3) is 0 Å². The Morgan fingerprint density at radius 2 is 1.00 bits per heavy atom. The second kappa shape index (κ2) is 36.8. The molecule has 5 heavy (non-hydrogen) atoms. The van der Waals surface area contributed by atoms with E-state index in [0.717, 1.165) is 0 Å². The van der Waals surface area contributed by atoms with Crippen LogP contribution in [-0.2, 0) is 50.3 Å². The Kier molecular flexibility index (Phi) is 452. The van der Waals surface area contributed by atoms with Gasteiger partial charge in [0.2, 0.25) is 0 Å². The molecule has 0 spiro atoms. The van der Waals surface area contributed by atoms with Gasteiger partial charge in [-0.05, 0) is 0 Å². The molecule has 0 atom stereocenters. The summed E-state index contributed by atoms with van der Waals surface area (Å²) in [5.74, 6) is 0. The first kappa shape index (κ1) is 61.5. The van der Waals surface area contributed by atoms with Crippen LogP contribution in [0.5, 0.6) is 0 Å². The fourth-order valence-corrected chi connectivity index (χ4v) is 0. The van der Waals surface area contributed by atoms with Crippen molar-refractivity contribution in [3.8, 4) is 0 Å².